The Balaban J connectivity index is 2.60. The fraction of sp³-hybridized carbons (Fsp3) is 0.333. The third kappa shape index (κ3) is 1.35. The van der Waals surface area contributed by atoms with E-state index in [1.165, 1.54) is 0 Å². The number of nitrogens with one attached hydrogen (secondary N) is 1. The standard InChI is InChI=1S/C9H10N2O2/c10-8(12)7-6(5-1-2-5)3-4-11-9(7)13/h3-5H,1-2H2,(H2,10,12)(H,11,13). The molecule has 13 heavy (non-hydrogen) atoms. The van der Waals surface area contributed by atoms with Crippen molar-refractivity contribution in [3.63, 3.8) is 0 Å². The van der Waals surface area contributed by atoms with Gasteiger partial charge in [0.2, 0.25) is 0 Å². The average molecular weight is 178 g/mol. The molecule has 4 nitrogen and oxygen atoms in total. The first kappa shape index (κ1) is 8.04. The minimum atomic E-state index is -0.635. The van der Waals surface area contributed by atoms with Crippen LogP contribution in [0.1, 0.15) is 34.7 Å². The Morgan fingerprint density at radius 1 is 1.54 bits per heavy atom. The zero-order chi connectivity index (χ0) is 9.42. The monoisotopic (exact) mass is 178 g/mol. The summed E-state index contributed by atoms with van der Waals surface area (Å²) in [5.41, 5.74) is 5.68. The van der Waals surface area contributed by atoms with Crippen molar-refractivity contribution in [2.75, 3.05) is 0 Å². The van der Waals surface area contributed by atoms with Crippen molar-refractivity contribution in [1.29, 1.82) is 0 Å². The Bertz CT molecular complexity index is 404. The highest BCUT2D eigenvalue weighted by Crippen LogP contribution is 2.40. The lowest BCUT2D eigenvalue weighted by Crippen LogP contribution is -2.25. The number of nitrogens with two attached hydrogens (primary N) is 1. The Labute approximate surface area is 74.8 Å². The van der Waals surface area contributed by atoms with Crippen molar-refractivity contribution in [3.05, 3.63) is 33.7 Å². The van der Waals surface area contributed by atoms with Crippen LogP contribution in [0.2, 0.25) is 0 Å². The van der Waals surface area contributed by atoms with Gasteiger partial charge in [-0.3, -0.25) is 9.59 Å². The van der Waals surface area contributed by atoms with Gasteiger partial charge in [-0.2, -0.15) is 0 Å². The van der Waals surface area contributed by atoms with Crippen molar-refractivity contribution in [1.82, 2.24) is 4.98 Å². The SMILES string of the molecule is NC(=O)c1c(C2CC2)cc[nH]c1=O. The van der Waals surface area contributed by atoms with E-state index in [-0.39, 0.29) is 11.1 Å². The quantitative estimate of drug-likeness (QED) is 0.685. The molecule has 1 amide bonds. The molecular formula is C9H10N2O2. The third-order valence-electron chi connectivity index (χ3n) is 2.26. The van der Waals surface area contributed by atoms with Crippen molar-refractivity contribution in [2.45, 2.75) is 18.8 Å². The van der Waals surface area contributed by atoms with Gasteiger partial charge in [-0.05, 0) is 30.4 Å². The Morgan fingerprint density at radius 3 is 2.77 bits per heavy atom. The molecule has 0 aliphatic heterocycles. The second-order valence-corrected chi connectivity index (χ2v) is 3.28. The summed E-state index contributed by atoms with van der Waals surface area (Å²) in [7, 11) is 0. The van der Waals surface area contributed by atoms with E-state index in [2.05, 4.69) is 4.98 Å². The summed E-state index contributed by atoms with van der Waals surface area (Å²) in [5.74, 6) is -0.270. The average Bonchev–Trinajstić information content (AvgIpc) is 2.85. The first-order chi connectivity index (χ1) is 6.20. The van der Waals surface area contributed by atoms with Gasteiger partial charge in [-0.25, -0.2) is 0 Å². The van der Waals surface area contributed by atoms with Gasteiger partial charge in [0.1, 0.15) is 5.56 Å². The highest BCUT2D eigenvalue weighted by Gasteiger charge is 2.28. The summed E-state index contributed by atoms with van der Waals surface area (Å²) in [4.78, 5) is 24.7. The summed E-state index contributed by atoms with van der Waals surface area (Å²) < 4.78 is 0. The number of aromatic nitrogens is 1. The van der Waals surface area contributed by atoms with Crippen LogP contribution in [-0.2, 0) is 0 Å². The van der Waals surface area contributed by atoms with Crippen LogP contribution in [0.5, 0.6) is 0 Å². The van der Waals surface area contributed by atoms with Gasteiger partial charge in [0.05, 0.1) is 0 Å². The lowest BCUT2D eigenvalue weighted by atomic mass is 10.1. The fourth-order valence-electron chi connectivity index (χ4n) is 1.48. The summed E-state index contributed by atoms with van der Waals surface area (Å²) in [5, 5.41) is 0. The second-order valence-electron chi connectivity index (χ2n) is 3.28. The van der Waals surface area contributed by atoms with Gasteiger partial charge in [-0.15, -0.1) is 0 Å². The van der Waals surface area contributed by atoms with Crippen LogP contribution in [0.15, 0.2) is 17.1 Å². The van der Waals surface area contributed by atoms with Crippen molar-refractivity contribution in [3.8, 4) is 0 Å². The molecule has 1 aromatic rings. The topological polar surface area (TPSA) is 76.0 Å². The number of pyridine rings is 1. The van der Waals surface area contributed by atoms with Gasteiger partial charge in [0, 0.05) is 6.20 Å². The molecule has 0 spiro atoms. The summed E-state index contributed by atoms with van der Waals surface area (Å²) in [6.45, 7) is 0. The number of hydrogen-bond acceptors (Lipinski definition) is 2. The molecule has 0 saturated heterocycles. The molecule has 68 valence electrons. The van der Waals surface area contributed by atoms with E-state index in [0.717, 1.165) is 18.4 Å². The smallest absolute Gasteiger partial charge is 0.261 e. The molecule has 0 bridgehead atoms. The molecule has 1 saturated carbocycles. The number of primary amides is 1. The Kier molecular flexibility index (Phi) is 1.69. The molecule has 2 rings (SSSR count). The molecule has 1 aliphatic rings. The number of amides is 1. The van der Waals surface area contributed by atoms with Gasteiger partial charge in [0.25, 0.3) is 11.5 Å². The molecule has 1 heterocycles. The maximum atomic E-state index is 11.3. The molecule has 0 atom stereocenters. The highest BCUT2D eigenvalue weighted by molar-refractivity contribution is 5.94. The van der Waals surface area contributed by atoms with E-state index in [1.807, 2.05) is 0 Å². The van der Waals surface area contributed by atoms with Crippen LogP contribution in [0, 0.1) is 0 Å². The lowest BCUT2D eigenvalue weighted by Gasteiger charge is -2.02. The van der Waals surface area contributed by atoms with Crippen molar-refractivity contribution < 1.29 is 4.79 Å². The first-order valence-corrected chi connectivity index (χ1v) is 4.21. The zero-order valence-electron chi connectivity index (χ0n) is 7.04. The molecule has 1 aromatic heterocycles. The maximum Gasteiger partial charge on any atom is 0.261 e. The Morgan fingerprint density at radius 2 is 2.23 bits per heavy atom. The molecular weight excluding hydrogens is 168 g/mol. The molecule has 0 aromatic carbocycles. The summed E-state index contributed by atoms with van der Waals surface area (Å²) >= 11 is 0. The minimum absolute atomic E-state index is 0.130. The van der Waals surface area contributed by atoms with Crippen molar-refractivity contribution >= 4 is 5.91 Å². The van der Waals surface area contributed by atoms with Crippen LogP contribution in [0.25, 0.3) is 0 Å². The van der Waals surface area contributed by atoms with E-state index in [1.54, 1.807) is 12.3 Å². The van der Waals surface area contributed by atoms with E-state index in [4.69, 9.17) is 5.73 Å². The Hall–Kier alpha value is -1.58. The molecule has 0 unspecified atom stereocenters. The molecule has 0 radical (unpaired) electrons. The predicted octanol–water partition coefficient (Wildman–Crippen LogP) is 0.351. The van der Waals surface area contributed by atoms with Crippen molar-refractivity contribution in [2.24, 2.45) is 5.73 Å². The van der Waals surface area contributed by atoms with Crippen LogP contribution >= 0.6 is 0 Å². The number of hydrogen-bond donors (Lipinski definition) is 2. The predicted molar refractivity (Wildman–Crippen MR) is 47.6 cm³/mol. The highest BCUT2D eigenvalue weighted by atomic mass is 16.2. The molecule has 1 aliphatic carbocycles. The van der Waals surface area contributed by atoms with E-state index >= 15 is 0 Å². The summed E-state index contributed by atoms with van der Waals surface area (Å²) in [6.07, 6.45) is 3.65. The number of H-pyrrole nitrogens is 1. The van der Waals surface area contributed by atoms with Gasteiger partial charge in [0.15, 0.2) is 0 Å². The summed E-state index contributed by atoms with van der Waals surface area (Å²) in [6, 6.07) is 1.76. The van der Waals surface area contributed by atoms with Crippen LogP contribution in [0.4, 0.5) is 0 Å². The molecule has 4 heteroatoms. The van der Waals surface area contributed by atoms with Gasteiger partial charge in [-0.1, -0.05) is 0 Å². The fourth-order valence-corrected chi connectivity index (χ4v) is 1.48. The van der Waals surface area contributed by atoms with Crippen LogP contribution in [0.3, 0.4) is 0 Å². The normalized spacial score (nSPS) is 15.7. The third-order valence-corrected chi connectivity index (χ3v) is 2.26. The van der Waals surface area contributed by atoms with E-state index in [0.29, 0.717) is 5.92 Å². The number of aromatic amines is 1. The second kappa shape index (κ2) is 2.73. The number of carbonyl (C=O) groups excluding carboxylic acids is 1. The van der Waals surface area contributed by atoms with Crippen LogP contribution < -0.4 is 11.3 Å². The van der Waals surface area contributed by atoms with Gasteiger partial charge >= 0.3 is 0 Å². The van der Waals surface area contributed by atoms with E-state index < -0.39 is 5.91 Å². The molecule has 3 N–H and O–H groups in total. The number of rotatable bonds is 2. The largest absolute Gasteiger partial charge is 0.365 e. The minimum Gasteiger partial charge on any atom is -0.365 e. The van der Waals surface area contributed by atoms with E-state index in [9.17, 15) is 9.59 Å². The number of carbonyl (C=O) groups is 1. The van der Waals surface area contributed by atoms with Gasteiger partial charge < -0.3 is 10.7 Å². The maximum absolute atomic E-state index is 11.3. The lowest BCUT2D eigenvalue weighted by molar-refractivity contribution is 0.0998. The zero-order valence-corrected chi connectivity index (χ0v) is 7.04. The molecule has 1 fully saturated rings. The first-order valence-electron chi connectivity index (χ1n) is 4.21. The van der Waals surface area contributed by atoms with Crippen LogP contribution in [-0.4, -0.2) is 10.9 Å².